The number of aromatic nitrogens is 4. The van der Waals surface area contributed by atoms with Crippen molar-refractivity contribution in [3.8, 4) is 22.4 Å². The second-order valence-corrected chi connectivity index (χ2v) is 8.32. The van der Waals surface area contributed by atoms with Crippen LogP contribution in [-0.2, 0) is 13.5 Å². The summed E-state index contributed by atoms with van der Waals surface area (Å²) in [5, 5.41) is 4.42. The fourth-order valence-electron chi connectivity index (χ4n) is 4.40. The molecule has 33 heavy (non-hydrogen) atoms. The maximum Gasteiger partial charge on any atom is 0.275 e. The lowest BCUT2D eigenvalue weighted by Crippen LogP contribution is -2.37. The Morgan fingerprint density at radius 1 is 1.06 bits per heavy atom. The van der Waals surface area contributed by atoms with E-state index in [0.717, 1.165) is 35.5 Å². The molecule has 0 spiro atoms. The molecule has 1 aliphatic heterocycles. The number of nitrogens with one attached hydrogen (secondary N) is 1. The molecule has 1 fully saturated rings. The van der Waals surface area contributed by atoms with E-state index in [2.05, 4.69) is 15.1 Å². The number of rotatable bonds is 5. The standard InChI is InChI=1S/C25H23F2N5O/c1-31-15-21(16-4-8-18(26)9-5-16)24(30-31)25(33)32-12-2-3-20(32)13-23-28-14-22(29-23)17-6-10-19(27)11-7-17/h4-11,14-15,20H,2-3,12-13H2,1H3,(H,28,29). The highest BCUT2D eigenvalue weighted by molar-refractivity contribution is 5.99. The van der Waals surface area contributed by atoms with Crippen molar-refractivity contribution in [1.29, 1.82) is 0 Å². The first-order valence-electron chi connectivity index (χ1n) is 10.9. The Morgan fingerprint density at radius 3 is 2.42 bits per heavy atom. The topological polar surface area (TPSA) is 66.8 Å². The fourth-order valence-corrected chi connectivity index (χ4v) is 4.40. The predicted octanol–water partition coefficient (Wildman–Crippen LogP) is 4.60. The molecule has 2 aromatic heterocycles. The zero-order valence-electron chi connectivity index (χ0n) is 18.1. The van der Waals surface area contributed by atoms with Gasteiger partial charge in [0.2, 0.25) is 0 Å². The molecule has 0 radical (unpaired) electrons. The lowest BCUT2D eigenvalue weighted by molar-refractivity contribution is 0.0729. The number of benzene rings is 2. The first-order valence-corrected chi connectivity index (χ1v) is 10.9. The van der Waals surface area contributed by atoms with Gasteiger partial charge in [0.15, 0.2) is 5.69 Å². The summed E-state index contributed by atoms with van der Waals surface area (Å²) in [5.41, 5.74) is 3.46. The molecular weight excluding hydrogens is 424 g/mol. The van der Waals surface area contributed by atoms with Crippen LogP contribution in [0.5, 0.6) is 0 Å². The smallest absolute Gasteiger partial charge is 0.275 e. The van der Waals surface area contributed by atoms with Crippen LogP contribution in [0, 0.1) is 11.6 Å². The molecule has 1 saturated heterocycles. The number of hydrogen-bond acceptors (Lipinski definition) is 3. The number of aromatic amines is 1. The molecule has 1 amide bonds. The summed E-state index contributed by atoms with van der Waals surface area (Å²) in [6.45, 7) is 0.647. The Bertz CT molecular complexity index is 1280. The van der Waals surface area contributed by atoms with Crippen molar-refractivity contribution < 1.29 is 13.6 Å². The average molecular weight is 447 g/mol. The lowest BCUT2D eigenvalue weighted by Gasteiger charge is -2.23. The number of nitrogens with zero attached hydrogens (tertiary/aromatic N) is 4. The van der Waals surface area contributed by atoms with Gasteiger partial charge in [-0.25, -0.2) is 13.8 Å². The van der Waals surface area contributed by atoms with Gasteiger partial charge >= 0.3 is 0 Å². The highest BCUT2D eigenvalue weighted by atomic mass is 19.1. The zero-order valence-corrected chi connectivity index (χ0v) is 18.1. The van der Waals surface area contributed by atoms with Gasteiger partial charge in [0, 0.05) is 37.8 Å². The molecular formula is C25H23F2N5O. The van der Waals surface area contributed by atoms with E-state index in [4.69, 9.17) is 0 Å². The minimum absolute atomic E-state index is 0.00667. The minimum atomic E-state index is -0.325. The second kappa shape index (κ2) is 8.61. The maximum absolute atomic E-state index is 13.5. The van der Waals surface area contributed by atoms with Crippen LogP contribution in [0.25, 0.3) is 22.4 Å². The van der Waals surface area contributed by atoms with Gasteiger partial charge in [-0.05, 0) is 60.4 Å². The predicted molar refractivity (Wildman–Crippen MR) is 120 cm³/mol. The third-order valence-corrected chi connectivity index (χ3v) is 6.04. The maximum atomic E-state index is 13.5. The molecule has 0 saturated carbocycles. The lowest BCUT2D eigenvalue weighted by atomic mass is 10.1. The summed E-state index contributed by atoms with van der Waals surface area (Å²) in [6.07, 6.45) is 5.88. The number of hydrogen-bond donors (Lipinski definition) is 1. The van der Waals surface area contributed by atoms with E-state index < -0.39 is 0 Å². The molecule has 0 aliphatic carbocycles. The molecule has 3 heterocycles. The largest absolute Gasteiger partial charge is 0.342 e. The van der Waals surface area contributed by atoms with Gasteiger partial charge in [-0.3, -0.25) is 9.48 Å². The van der Waals surface area contributed by atoms with Crippen LogP contribution < -0.4 is 0 Å². The normalized spacial score (nSPS) is 15.8. The molecule has 4 aromatic rings. The highest BCUT2D eigenvalue weighted by Crippen LogP contribution is 2.28. The van der Waals surface area contributed by atoms with Crippen LogP contribution in [0.1, 0.15) is 29.2 Å². The van der Waals surface area contributed by atoms with E-state index in [1.54, 1.807) is 48.4 Å². The molecule has 168 valence electrons. The van der Waals surface area contributed by atoms with Crippen molar-refractivity contribution >= 4 is 5.91 Å². The molecule has 6 nitrogen and oxygen atoms in total. The number of carbonyl (C=O) groups is 1. The number of H-pyrrole nitrogens is 1. The number of imidazole rings is 1. The van der Waals surface area contributed by atoms with E-state index in [9.17, 15) is 13.6 Å². The van der Waals surface area contributed by atoms with Gasteiger partial charge in [0.1, 0.15) is 17.5 Å². The molecule has 1 aliphatic rings. The number of amides is 1. The van der Waals surface area contributed by atoms with Gasteiger partial charge in [-0.15, -0.1) is 0 Å². The van der Waals surface area contributed by atoms with Crippen LogP contribution in [0.4, 0.5) is 8.78 Å². The van der Waals surface area contributed by atoms with Crippen molar-refractivity contribution in [3.05, 3.63) is 84.1 Å². The molecule has 1 N–H and O–H groups in total. The van der Waals surface area contributed by atoms with Gasteiger partial charge in [0.05, 0.1) is 11.9 Å². The monoisotopic (exact) mass is 447 g/mol. The second-order valence-electron chi connectivity index (χ2n) is 8.32. The van der Waals surface area contributed by atoms with Crippen LogP contribution in [-0.4, -0.2) is 43.1 Å². The van der Waals surface area contributed by atoms with Gasteiger partial charge in [0.25, 0.3) is 5.91 Å². The molecule has 2 aromatic carbocycles. The Morgan fingerprint density at radius 2 is 1.73 bits per heavy atom. The van der Waals surface area contributed by atoms with Crippen LogP contribution in [0.15, 0.2) is 60.9 Å². The third-order valence-electron chi connectivity index (χ3n) is 6.04. The summed E-state index contributed by atoms with van der Waals surface area (Å²) in [7, 11) is 1.77. The van der Waals surface area contributed by atoms with Gasteiger partial charge < -0.3 is 9.88 Å². The number of aryl methyl sites for hydroxylation is 1. The number of halogens is 2. The average Bonchev–Trinajstić information content (AvgIpc) is 3.55. The quantitative estimate of drug-likeness (QED) is 0.486. The van der Waals surface area contributed by atoms with E-state index >= 15 is 0 Å². The SMILES string of the molecule is Cn1cc(-c2ccc(F)cc2)c(C(=O)N2CCCC2Cc2ncc(-c3ccc(F)cc3)[nH]2)n1. The van der Waals surface area contributed by atoms with Crippen molar-refractivity contribution in [2.24, 2.45) is 7.05 Å². The Hall–Kier alpha value is -3.81. The van der Waals surface area contributed by atoms with Crippen molar-refractivity contribution in [1.82, 2.24) is 24.6 Å². The highest BCUT2D eigenvalue weighted by Gasteiger charge is 2.33. The van der Waals surface area contributed by atoms with Crippen LogP contribution >= 0.6 is 0 Å². The van der Waals surface area contributed by atoms with Crippen LogP contribution in [0.3, 0.4) is 0 Å². The summed E-state index contributed by atoms with van der Waals surface area (Å²) < 4.78 is 28.2. The Kier molecular flexibility index (Phi) is 5.50. The molecule has 1 unspecified atom stereocenters. The van der Waals surface area contributed by atoms with Crippen molar-refractivity contribution in [3.63, 3.8) is 0 Å². The summed E-state index contributed by atoms with van der Waals surface area (Å²) in [4.78, 5) is 23.1. The third kappa shape index (κ3) is 4.28. The van der Waals surface area contributed by atoms with Crippen molar-refractivity contribution in [2.45, 2.75) is 25.3 Å². The summed E-state index contributed by atoms with van der Waals surface area (Å²) in [5.74, 6) is 0.0308. The Labute approximate surface area is 189 Å². The molecule has 1 atom stereocenters. The summed E-state index contributed by atoms with van der Waals surface area (Å²) in [6, 6.07) is 12.3. The first kappa shape index (κ1) is 21.1. The first-order chi connectivity index (χ1) is 16.0. The van der Waals surface area contributed by atoms with E-state index in [0.29, 0.717) is 24.2 Å². The van der Waals surface area contributed by atoms with Crippen LogP contribution in [0.2, 0.25) is 0 Å². The zero-order chi connectivity index (χ0) is 22.9. The van der Waals surface area contributed by atoms with E-state index in [1.807, 2.05) is 4.90 Å². The number of likely N-dealkylation sites (tertiary alicyclic amines) is 1. The van der Waals surface area contributed by atoms with E-state index in [-0.39, 0.29) is 23.6 Å². The molecule has 0 bridgehead atoms. The Balaban J connectivity index is 1.36. The van der Waals surface area contributed by atoms with E-state index in [1.165, 1.54) is 24.3 Å². The minimum Gasteiger partial charge on any atom is -0.342 e. The number of carbonyl (C=O) groups excluding carboxylic acids is 1. The van der Waals surface area contributed by atoms with Crippen molar-refractivity contribution in [2.75, 3.05) is 6.54 Å². The van der Waals surface area contributed by atoms with Gasteiger partial charge in [-0.2, -0.15) is 5.10 Å². The summed E-state index contributed by atoms with van der Waals surface area (Å²) >= 11 is 0. The molecule has 8 heteroatoms. The fraction of sp³-hybridized carbons (Fsp3) is 0.240. The van der Waals surface area contributed by atoms with Gasteiger partial charge in [-0.1, -0.05) is 12.1 Å². The molecule has 5 rings (SSSR count).